The first-order valence-electron chi connectivity index (χ1n) is 15.3. The van der Waals surface area contributed by atoms with Gasteiger partial charge in [0.05, 0.1) is 30.6 Å². The number of amides is 3. The van der Waals surface area contributed by atoms with E-state index < -0.39 is 35.6 Å². The molecule has 0 saturated carbocycles. The number of aliphatic hydroxyl groups is 1. The minimum atomic E-state index is -1.25. The number of carbonyl (C=O) groups excluding carboxylic acids is 3. The fraction of sp³-hybridized carbons (Fsp3) is 0.361. The van der Waals surface area contributed by atoms with E-state index in [1.807, 2.05) is 72.8 Å². The Kier molecular flexibility index (Phi) is 8.70. The van der Waals surface area contributed by atoms with Crippen molar-refractivity contribution >= 4 is 50.1 Å². The van der Waals surface area contributed by atoms with Gasteiger partial charge in [0.2, 0.25) is 11.8 Å². The van der Waals surface area contributed by atoms with Crippen molar-refractivity contribution in [3.8, 4) is 0 Å². The van der Waals surface area contributed by atoms with Gasteiger partial charge in [0.25, 0.3) is 5.91 Å². The summed E-state index contributed by atoms with van der Waals surface area (Å²) in [4.78, 5) is 48.3. The summed E-state index contributed by atoms with van der Waals surface area (Å²) in [6, 6.07) is 21.7. The molecule has 2 bridgehead atoms. The summed E-state index contributed by atoms with van der Waals surface area (Å²) in [5.74, 6) is -2.57. The number of nitrogens with zero attached hydrogens (tertiary/aromatic N) is 3. The summed E-state index contributed by atoms with van der Waals surface area (Å²) in [5, 5.41) is 12.3. The van der Waals surface area contributed by atoms with Crippen LogP contribution in [0.5, 0.6) is 0 Å². The Morgan fingerprint density at radius 3 is 2.42 bits per heavy atom. The maximum Gasteiger partial charge on any atom is 0.253 e. The van der Waals surface area contributed by atoms with Crippen LogP contribution < -0.4 is 4.90 Å². The van der Waals surface area contributed by atoms with Crippen LogP contribution in [0.1, 0.15) is 18.9 Å². The molecule has 8 nitrogen and oxygen atoms in total. The number of hydrogen-bond donors (Lipinski definition) is 1. The Morgan fingerprint density at radius 1 is 1.04 bits per heavy atom. The molecular formula is C36H38BrN3O5. The standard InChI is InChI=1S/C36H38BrN3O5/c1-4-17-38(21-24-11-7-6-8-12-24)33(42)29-30-34(43)40(23(3)22-41)32(36(30)20-28(37)31(29)45-36)35(44)39(18-5-2)27-16-15-25-13-9-10-14-26(25)19-27/h4-16,19,23,28-32,41H,1-2,17-18,20-22H2,3H3/t23-,28?,29+,30+,31+,32?,36?/m1/s1. The van der Waals surface area contributed by atoms with E-state index >= 15 is 0 Å². The summed E-state index contributed by atoms with van der Waals surface area (Å²) in [6.07, 6.45) is 3.12. The van der Waals surface area contributed by atoms with Crippen molar-refractivity contribution in [1.82, 2.24) is 9.80 Å². The van der Waals surface area contributed by atoms with Crippen molar-refractivity contribution in [1.29, 1.82) is 0 Å². The molecule has 3 aliphatic heterocycles. The highest BCUT2D eigenvalue weighted by Gasteiger charge is 2.77. The average molecular weight is 673 g/mol. The van der Waals surface area contributed by atoms with Gasteiger partial charge < -0.3 is 24.5 Å². The molecule has 3 aliphatic rings. The van der Waals surface area contributed by atoms with Gasteiger partial charge in [0.15, 0.2) is 0 Å². The molecule has 3 unspecified atom stereocenters. The van der Waals surface area contributed by atoms with Gasteiger partial charge in [-0.15, -0.1) is 13.2 Å². The van der Waals surface area contributed by atoms with Crippen LogP contribution in [0.25, 0.3) is 10.8 Å². The van der Waals surface area contributed by atoms with Crippen LogP contribution in [-0.2, 0) is 25.7 Å². The Balaban J connectivity index is 1.41. The summed E-state index contributed by atoms with van der Waals surface area (Å²) < 4.78 is 6.73. The molecule has 9 heteroatoms. The fourth-order valence-electron chi connectivity index (χ4n) is 7.54. The third-order valence-electron chi connectivity index (χ3n) is 9.49. The van der Waals surface area contributed by atoms with Gasteiger partial charge in [-0.3, -0.25) is 14.4 Å². The highest BCUT2D eigenvalue weighted by Crippen LogP contribution is 2.61. The molecule has 3 aromatic rings. The van der Waals surface area contributed by atoms with Gasteiger partial charge in [-0.25, -0.2) is 0 Å². The molecule has 0 aliphatic carbocycles. The number of anilines is 1. The molecule has 1 N–H and O–H groups in total. The second-order valence-electron chi connectivity index (χ2n) is 12.2. The number of aliphatic hydroxyl groups excluding tert-OH is 1. The first-order valence-corrected chi connectivity index (χ1v) is 16.3. The first kappa shape index (κ1) is 31.2. The van der Waals surface area contributed by atoms with Crippen molar-refractivity contribution in [3.63, 3.8) is 0 Å². The molecule has 3 heterocycles. The summed E-state index contributed by atoms with van der Waals surface area (Å²) in [6.45, 7) is 10.0. The van der Waals surface area contributed by atoms with Crippen LogP contribution in [0.3, 0.4) is 0 Å². The molecule has 1 spiro atoms. The molecule has 6 rings (SSSR count). The Hall–Kier alpha value is -3.79. The van der Waals surface area contributed by atoms with E-state index in [4.69, 9.17) is 4.74 Å². The van der Waals surface area contributed by atoms with Gasteiger partial charge in [-0.05, 0) is 41.8 Å². The van der Waals surface area contributed by atoms with E-state index in [0.29, 0.717) is 25.2 Å². The maximum atomic E-state index is 14.8. The predicted molar refractivity (Wildman–Crippen MR) is 178 cm³/mol. The van der Waals surface area contributed by atoms with Gasteiger partial charge in [-0.1, -0.05) is 88.7 Å². The highest BCUT2D eigenvalue weighted by molar-refractivity contribution is 9.09. The summed E-state index contributed by atoms with van der Waals surface area (Å²) in [7, 11) is 0. The average Bonchev–Trinajstić information content (AvgIpc) is 3.65. The van der Waals surface area contributed by atoms with Gasteiger partial charge >= 0.3 is 0 Å². The zero-order valence-electron chi connectivity index (χ0n) is 25.3. The van der Waals surface area contributed by atoms with Crippen LogP contribution in [0.15, 0.2) is 98.1 Å². The first-order chi connectivity index (χ1) is 21.7. The van der Waals surface area contributed by atoms with Crippen molar-refractivity contribution in [2.75, 3.05) is 24.6 Å². The zero-order chi connectivity index (χ0) is 31.9. The number of benzene rings is 3. The van der Waals surface area contributed by atoms with Crippen LogP contribution >= 0.6 is 15.9 Å². The number of alkyl halides is 1. The lowest BCUT2D eigenvalue weighted by Gasteiger charge is -2.38. The fourth-order valence-corrected chi connectivity index (χ4v) is 8.48. The normalized spacial score (nSPS) is 27.3. The molecule has 0 radical (unpaired) electrons. The molecule has 0 aromatic heterocycles. The summed E-state index contributed by atoms with van der Waals surface area (Å²) in [5.41, 5.74) is 0.372. The minimum absolute atomic E-state index is 0.206. The molecule has 45 heavy (non-hydrogen) atoms. The third kappa shape index (κ3) is 5.20. The van der Waals surface area contributed by atoms with E-state index in [-0.39, 0.29) is 35.7 Å². The smallest absolute Gasteiger partial charge is 0.253 e. The molecule has 3 saturated heterocycles. The SMILES string of the molecule is C=CCN(Cc1ccccc1)C(=O)[C@H]1[C@H]2C(=O)N([C@H](C)CO)C(C(=O)N(CC=C)c3ccc4ccccc4c3)C23CC(Br)[C@@H]1O3. The number of ether oxygens (including phenoxy) is 1. The monoisotopic (exact) mass is 671 g/mol. The van der Waals surface area contributed by atoms with E-state index in [9.17, 15) is 19.5 Å². The van der Waals surface area contributed by atoms with Gasteiger partial charge in [0, 0.05) is 30.1 Å². The van der Waals surface area contributed by atoms with Crippen molar-refractivity contribution < 1.29 is 24.2 Å². The molecule has 3 aromatic carbocycles. The lowest BCUT2D eigenvalue weighted by atomic mass is 9.70. The number of carbonyl (C=O) groups is 3. The molecule has 3 fully saturated rings. The van der Waals surface area contributed by atoms with E-state index in [2.05, 4.69) is 29.1 Å². The van der Waals surface area contributed by atoms with Crippen molar-refractivity contribution in [3.05, 3.63) is 104 Å². The largest absolute Gasteiger partial charge is 0.394 e. The van der Waals surface area contributed by atoms with E-state index in [1.165, 1.54) is 4.90 Å². The number of likely N-dealkylation sites (tertiary alicyclic amines) is 1. The van der Waals surface area contributed by atoms with Crippen molar-refractivity contribution in [2.45, 2.75) is 48.5 Å². The van der Waals surface area contributed by atoms with Gasteiger partial charge in [0.1, 0.15) is 11.6 Å². The van der Waals surface area contributed by atoms with Crippen LogP contribution in [0, 0.1) is 11.8 Å². The molecule has 3 amide bonds. The van der Waals surface area contributed by atoms with Crippen LogP contribution in [0.4, 0.5) is 5.69 Å². The summed E-state index contributed by atoms with van der Waals surface area (Å²) >= 11 is 3.76. The number of halogens is 1. The van der Waals surface area contributed by atoms with E-state index in [0.717, 1.165) is 16.3 Å². The number of rotatable bonds is 11. The van der Waals surface area contributed by atoms with Gasteiger partial charge in [-0.2, -0.15) is 0 Å². The maximum absolute atomic E-state index is 14.8. The number of fused-ring (bicyclic) bond motifs is 2. The highest BCUT2D eigenvalue weighted by atomic mass is 79.9. The lowest BCUT2D eigenvalue weighted by molar-refractivity contribution is -0.147. The van der Waals surface area contributed by atoms with Crippen molar-refractivity contribution in [2.24, 2.45) is 11.8 Å². The Morgan fingerprint density at radius 2 is 1.73 bits per heavy atom. The Bertz CT molecular complexity index is 1630. The molecule has 7 atom stereocenters. The minimum Gasteiger partial charge on any atom is -0.394 e. The van der Waals surface area contributed by atoms with Crippen LogP contribution in [-0.4, -0.2) is 80.9 Å². The topological polar surface area (TPSA) is 90.4 Å². The van der Waals surface area contributed by atoms with E-state index in [1.54, 1.807) is 28.9 Å². The van der Waals surface area contributed by atoms with Crippen LogP contribution in [0.2, 0.25) is 0 Å². The quantitative estimate of drug-likeness (QED) is 0.236. The second kappa shape index (κ2) is 12.5. The third-order valence-corrected chi connectivity index (χ3v) is 10.3. The molecular weight excluding hydrogens is 634 g/mol. The second-order valence-corrected chi connectivity index (χ2v) is 13.4. The lowest BCUT2D eigenvalue weighted by Crippen LogP contribution is -2.59. The number of hydrogen-bond acceptors (Lipinski definition) is 5. The Labute approximate surface area is 272 Å². The molecule has 234 valence electrons. The predicted octanol–water partition coefficient (Wildman–Crippen LogP) is 4.70. The zero-order valence-corrected chi connectivity index (χ0v) is 26.9.